The van der Waals surface area contributed by atoms with Crippen molar-refractivity contribution in [2.24, 2.45) is 0 Å². The van der Waals surface area contributed by atoms with Gasteiger partial charge in [-0.2, -0.15) is 5.26 Å². The van der Waals surface area contributed by atoms with Crippen molar-refractivity contribution >= 4 is 11.6 Å². The molecule has 1 fully saturated rings. The zero-order chi connectivity index (χ0) is 16.8. The Bertz CT molecular complexity index is 635. The maximum absolute atomic E-state index is 12.4. The van der Waals surface area contributed by atoms with Crippen LogP contribution in [0.2, 0.25) is 0 Å². The number of anilines is 1. The van der Waals surface area contributed by atoms with Gasteiger partial charge in [0.25, 0.3) is 5.91 Å². The first-order valence-corrected chi connectivity index (χ1v) is 8.30. The molecule has 0 spiro atoms. The number of benzene rings is 1. The number of rotatable bonds is 4. The van der Waals surface area contributed by atoms with Gasteiger partial charge in [0.1, 0.15) is 11.6 Å². The molecule has 0 radical (unpaired) electrons. The lowest BCUT2D eigenvalue weighted by molar-refractivity contribution is -0.127. The summed E-state index contributed by atoms with van der Waals surface area (Å²) in [6.45, 7) is 7.79. The summed E-state index contributed by atoms with van der Waals surface area (Å²) in [5.41, 5.74) is 3.45. The second-order valence-electron chi connectivity index (χ2n) is 6.36. The number of amides is 1. The first-order valence-electron chi connectivity index (χ1n) is 8.30. The summed E-state index contributed by atoms with van der Waals surface area (Å²) < 4.78 is 0. The molecule has 122 valence electrons. The van der Waals surface area contributed by atoms with Crippen LogP contribution in [0, 0.1) is 18.3 Å². The fourth-order valence-corrected chi connectivity index (χ4v) is 2.92. The van der Waals surface area contributed by atoms with Crippen molar-refractivity contribution in [3.05, 3.63) is 41.1 Å². The number of nitrogens with zero attached hydrogens (tertiary/aromatic N) is 2. The summed E-state index contributed by atoms with van der Waals surface area (Å²) in [6, 6.07) is 8.18. The van der Waals surface area contributed by atoms with Gasteiger partial charge in [-0.05, 0) is 43.2 Å². The minimum atomic E-state index is -0.167. The van der Waals surface area contributed by atoms with E-state index in [1.807, 2.05) is 25.1 Å². The van der Waals surface area contributed by atoms with Gasteiger partial charge < -0.3 is 10.2 Å². The van der Waals surface area contributed by atoms with E-state index in [1.165, 1.54) is 5.56 Å². The standard InChI is InChI=1S/C19H25N3O/c1-14(2)17-9-7-8-15(3)18(17)21-13-16(12-20)19(23)22-10-5-4-6-11-22/h7-9,13-14,21H,4-6,10-11H2,1-3H3/b16-13-. The highest BCUT2D eigenvalue weighted by molar-refractivity contribution is 5.97. The van der Waals surface area contributed by atoms with Crippen LogP contribution < -0.4 is 5.32 Å². The molecule has 1 aromatic carbocycles. The first-order chi connectivity index (χ1) is 11.0. The Morgan fingerprint density at radius 2 is 2.00 bits per heavy atom. The van der Waals surface area contributed by atoms with Crippen LogP contribution in [0.1, 0.15) is 50.2 Å². The molecule has 0 bridgehead atoms. The van der Waals surface area contributed by atoms with E-state index in [0.717, 1.165) is 43.6 Å². The molecule has 4 nitrogen and oxygen atoms in total. The third kappa shape index (κ3) is 4.13. The summed E-state index contributed by atoms with van der Waals surface area (Å²) in [5, 5.41) is 12.5. The Balaban J connectivity index is 2.20. The molecule has 1 N–H and O–H groups in total. The van der Waals surface area contributed by atoms with Crippen molar-refractivity contribution in [3.8, 4) is 6.07 Å². The number of piperidine rings is 1. The molecule has 1 saturated heterocycles. The average Bonchev–Trinajstić information content (AvgIpc) is 2.56. The quantitative estimate of drug-likeness (QED) is 0.676. The molecule has 4 heteroatoms. The molecular formula is C19H25N3O. The van der Waals surface area contributed by atoms with Crippen molar-refractivity contribution in [1.82, 2.24) is 4.90 Å². The Hall–Kier alpha value is -2.28. The lowest BCUT2D eigenvalue weighted by Crippen LogP contribution is -2.36. The van der Waals surface area contributed by atoms with Crippen LogP contribution in [0.25, 0.3) is 0 Å². The minimum Gasteiger partial charge on any atom is -0.360 e. The smallest absolute Gasteiger partial charge is 0.266 e. The van der Waals surface area contributed by atoms with E-state index in [4.69, 9.17) is 0 Å². The number of aryl methyl sites for hydroxylation is 1. The fourth-order valence-electron chi connectivity index (χ4n) is 2.92. The van der Waals surface area contributed by atoms with E-state index < -0.39 is 0 Å². The number of hydrogen-bond acceptors (Lipinski definition) is 3. The second-order valence-corrected chi connectivity index (χ2v) is 6.36. The largest absolute Gasteiger partial charge is 0.360 e. The van der Waals surface area contributed by atoms with E-state index in [0.29, 0.717) is 5.92 Å². The number of likely N-dealkylation sites (tertiary alicyclic amines) is 1. The van der Waals surface area contributed by atoms with Gasteiger partial charge in [-0.3, -0.25) is 4.79 Å². The molecule has 1 aromatic rings. The molecule has 0 aromatic heterocycles. The van der Waals surface area contributed by atoms with Gasteiger partial charge in [-0.1, -0.05) is 32.0 Å². The van der Waals surface area contributed by atoms with Crippen molar-refractivity contribution in [2.45, 2.75) is 46.0 Å². The van der Waals surface area contributed by atoms with Crippen LogP contribution in [0.4, 0.5) is 5.69 Å². The molecule has 1 heterocycles. The van der Waals surface area contributed by atoms with Gasteiger partial charge in [0.15, 0.2) is 0 Å². The number of hydrogen-bond donors (Lipinski definition) is 1. The van der Waals surface area contributed by atoms with Gasteiger partial charge in [0, 0.05) is 25.0 Å². The topological polar surface area (TPSA) is 56.1 Å². The molecule has 0 aliphatic carbocycles. The molecule has 0 unspecified atom stereocenters. The summed E-state index contributed by atoms with van der Waals surface area (Å²) in [4.78, 5) is 14.2. The summed E-state index contributed by atoms with van der Waals surface area (Å²) in [6.07, 6.45) is 4.76. The number of para-hydroxylation sites is 1. The molecular weight excluding hydrogens is 286 g/mol. The highest BCUT2D eigenvalue weighted by Crippen LogP contribution is 2.27. The summed E-state index contributed by atoms with van der Waals surface area (Å²) >= 11 is 0. The highest BCUT2D eigenvalue weighted by Gasteiger charge is 2.20. The summed E-state index contributed by atoms with van der Waals surface area (Å²) in [5.74, 6) is 0.202. The second kappa shape index (κ2) is 7.82. The van der Waals surface area contributed by atoms with E-state index in [1.54, 1.807) is 11.1 Å². The van der Waals surface area contributed by atoms with Gasteiger partial charge in [0.2, 0.25) is 0 Å². The van der Waals surface area contributed by atoms with E-state index in [9.17, 15) is 10.1 Å². The molecule has 1 aliphatic rings. The lowest BCUT2D eigenvalue weighted by Gasteiger charge is -2.26. The van der Waals surface area contributed by atoms with Crippen molar-refractivity contribution in [2.75, 3.05) is 18.4 Å². The maximum Gasteiger partial charge on any atom is 0.266 e. The molecule has 0 atom stereocenters. The number of carbonyl (C=O) groups excluding carboxylic acids is 1. The number of carbonyl (C=O) groups is 1. The Morgan fingerprint density at radius 3 is 2.61 bits per heavy atom. The van der Waals surface area contributed by atoms with Crippen LogP contribution in [-0.2, 0) is 4.79 Å². The Labute approximate surface area is 138 Å². The van der Waals surface area contributed by atoms with Gasteiger partial charge >= 0.3 is 0 Å². The van der Waals surface area contributed by atoms with E-state index in [2.05, 4.69) is 25.2 Å². The van der Waals surface area contributed by atoms with Gasteiger partial charge in [-0.15, -0.1) is 0 Å². The summed E-state index contributed by atoms with van der Waals surface area (Å²) in [7, 11) is 0. The minimum absolute atomic E-state index is 0.167. The van der Waals surface area contributed by atoms with Crippen molar-refractivity contribution in [3.63, 3.8) is 0 Å². The average molecular weight is 311 g/mol. The Morgan fingerprint density at radius 1 is 1.30 bits per heavy atom. The molecule has 23 heavy (non-hydrogen) atoms. The number of nitriles is 1. The number of nitrogens with one attached hydrogen (secondary N) is 1. The van der Waals surface area contributed by atoms with Crippen LogP contribution in [-0.4, -0.2) is 23.9 Å². The van der Waals surface area contributed by atoms with E-state index in [-0.39, 0.29) is 11.5 Å². The molecule has 2 rings (SSSR count). The molecule has 1 aliphatic heterocycles. The van der Waals surface area contributed by atoms with Crippen LogP contribution in [0.3, 0.4) is 0 Å². The molecule has 1 amide bonds. The normalized spacial score (nSPS) is 15.4. The van der Waals surface area contributed by atoms with Crippen molar-refractivity contribution < 1.29 is 4.79 Å². The third-order valence-corrected chi connectivity index (χ3v) is 4.28. The predicted octanol–water partition coefficient (Wildman–Crippen LogP) is 3.95. The predicted molar refractivity (Wildman–Crippen MR) is 93.0 cm³/mol. The lowest BCUT2D eigenvalue weighted by atomic mass is 9.98. The van der Waals surface area contributed by atoms with Crippen LogP contribution in [0.5, 0.6) is 0 Å². The SMILES string of the molecule is Cc1cccc(C(C)C)c1N/C=C(/C#N)C(=O)N1CCCCC1. The van der Waals surface area contributed by atoms with Gasteiger partial charge in [0.05, 0.1) is 0 Å². The highest BCUT2D eigenvalue weighted by atomic mass is 16.2. The van der Waals surface area contributed by atoms with E-state index >= 15 is 0 Å². The van der Waals surface area contributed by atoms with Crippen LogP contribution >= 0.6 is 0 Å². The third-order valence-electron chi connectivity index (χ3n) is 4.28. The Kier molecular flexibility index (Phi) is 5.81. The van der Waals surface area contributed by atoms with Crippen LogP contribution in [0.15, 0.2) is 30.0 Å². The fraction of sp³-hybridized carbons (Fsp3) is 0.474. The zero-order valence-electron chi connectivity index (χ0n) is 14.2. The maximum atomic E-state index is 12.4. The van der Waals surface area contributed by atoms with Gasteiger partial charge in [-0.25, -0.2) is 0 Å². The first kappa shape index (κ1) is 17.1. The zero-order valence-corrected chi connectivity index (χ0v) is 14.2. The van der Waals surface area contributed by atoms with Crippen molar-refractivity contribution in [1.29, 1.82) is 5.26 Å². The monoisotopic (exact) mass is 311 g/mol. The molecule has 0 saturated carbocycles.